The molecule has 6 nitrogen and oxygen atoms in total. The number of hydrogen-bond acceptors (Lipinski definition) is 7. The van der Waals surface area contributed by atoms with Gasteiger partial charge in [0.05, 0.1) is 22.2 Å². The van der Waals surface area contributed by atoms with Gasteiger partial charge in [-0.3, -0.25) is 9.69 Å². The molecule has 1 saturated heterocycles. The van der Waals surface area contributed by atoms with Gasteiger partial charge in [0.15, 0.2) is 27.3 Å². The van der Waals surface area contributed by atoms with Gasteiger partial charge in [0.2, 0.25) is 6.79 Å². The first-order chi connectivity index (χ1) is 16.9. The number of carbonyl (C=O) groups is 1. The minimum atomic E-state index is -0.328. The molecule has 1 amide bonds. The molecule has 0 bridgehead atoms. The van der Waals surface area contributed by atoms with E-state index < -0.39 is 0 Å². The fraction of sp³-hybridized carbons (Fsp3) is 0.120. The number of amides is 1. The first-order valence-corrected chi connectivity index (χ1v) is 12.4. The van der Waals surface area contributed by atoms with Gasteiger partial charge < -0.3 is 18.9 Å². The maximum atomic E-state index is 13.5. The van der Waals surface area contributed by atoms with Gasteiger partial charge in [-0.05, 0) is 69.5 Å². The van der Waals surface area contributed by atoms with Gasteiger partial charge in [-0.25, -0.2) is 4.39 Å². The van der Waals surface area contributed by atoms with Crippen molar-refractivity contribution in [2.45, 2.75) is 6.61 Å². The highest BCUT2D eigenvalue weighted by atomic mass is 79.9. The normalized spacial score (nSPS) is 15.7. The Morgan fingerprint density at radius 3 is 2.80 bits per heavy atom. The van der Waals surface area contributed by atoms with E-state index in [4.69, 9.17) is 31.2 Å². The van der Waals surface area contributed by atoms with Crippen LogP contribution in [0, 0.1) is 5.82 Å². The van der Waals surface area contributed by atoms with E-state index in [1.165, 1.54) is 35.9 Å². The molecule has 5 rings (SSSR count). The lowest BCUT2D eigenvalue weighted by Crippen LogP contribution is -2.27. The molecule has 2 aliphatic heterocycles. The summed E-state index contributed by atoms with van der Waals surface area (Å²) in [7, 11) is 1.53. The zero-order chi connectivity index (χ0) is 24.5. The number of thiocarbonyl (C=S) groups is 1. The molecule has 0 aliphatic carbocycles. The molecule has 2 aliphatic rings. The summed E-state index contributed by atoms with van der Waals surface area (Å²) in [5.41, 5.74) is 2.02. The molecule has 0 atom stereocenters. The SMILES string of the molecule is COc1cc(/C=C2/SC(=S)N(c3ccc4c(c3)OCO4)C2=O)cc(Br)c1OCc1cccc(F)c1. The van der Waals surface area contributed by atoms with Crippen molar-refractivity contribution in [2.24, 2.45) is 0 Å². The molecule has 10 heteroatoms. The van der Waals surface area contributed by atoms with E-state index >= 15 is 0 Å². The monoisotopic (exact) mass is 573 g/mol. The maximum absolute atomic E-state index is 13.5. The Morgan fingerprint density at radius 2 is 2.00 bits per heavy atom. The molecule has 0 N–H and O–H groups in total. The zero-order valence-electron chi connectivity index (χ0n) is 18.2. The van der Waals surface area contributed by atoms with Crippen LogP contribution in [0.3, 0.4) is 0 Å². The Morgan fingerprint density at radius 1 is 1.17 bits per heavy atom. The predicted octanol–water partition coefficient (Wildman–Crippen LogP) is 6.31. The fourth-order valence-corrected chi connectivity index (χ4v) is 5.48. The molecule has 0 spiro atoms. The Labute approximate surface area is 218 Å². The van der Waals surface area contributed by atoms with Crippen LogP contribution in [0.15, 0.2) is 64.0 Å². The van der Waals surface area contributed by atoms with Gasteiger partial charge in [-0.15, -0.1) is 0 Å². The molecule has 3 aromatic rings. The number of benzene rings is 3. The average molecular weight is 574 g/mol. The highest BCUT2D eigenvalue weighted by molar-refractivity contribution is 9.10. The van der Waals surface area contributed by atoms with Crippen LogP contribution in [-0.4, -0.2) is 24.1 Å². The first-order valence-electron chi connectivity index (χ1n) is 10.4. The van der Waals surface area contributed by atoms with E-state index in [1.807, 2.05) is 6.07 Å². The largest absolute Gasteiger partial charge is 0.493 e. The van der Waals surface area contributed by atoms with Gasteiger partial charge >= 0.3 is 0 Å². The Bertz CT molecular complexity index is 1380. The summed E-state index contributed by atoms with van der Waals surface area (Å²) >= 11 is 10.2. The van der Waals surface area contributed by atoms with Crippen molar-refractivity contribution in [2.75, 3.05) is 18.8 Å². The van der Waals surface area contributed by atoms with Crippen molar-refractivity contribution in [3.8, 4) is 23.0 Å². The van der Waals surface area contributed by atoms with Crippen LogP contribution >= 0.6 is 39.9 Å². The van der Waals surface area contributed by atoms with Gasteiger partial charge in [0, 0.05) is 6.07 Å². The molecular weight excluding hydrogens is 557 g/mol. The molecule has 3 aromatic carbocycles. The molecule has 2 heterocycles. The van der Waals surface area contributed by atoms with Crippen LogP contribution in [0.1, 0.15) is 11.1 Å². The van der Waals surface area contributed by atoms with E-state index in [2.05, 4.69) is 15.9 Å². The Hall–Kier alpha value is -3.08. The van der Waals surface area contributed by atoms with Crippen molar-refractivity contribution in [1.29, 1.82) is 0 Å². The summed E-state index contributed by atoms with van der Waals surface area (Å²) in [4.78, 5) is 15.1. The summed E-state index contributed by atoms with van der Waals surface area (Å²) in [5.74, 6) is 1.58. The lowest BCUT2D eigenvalue weighted by molar-refractivity contribution is -0.113. The molecule has 0 radical (unpaired) electrons. The molecule has 178 valence electrons. The highest BCUT2D eigenvalue weighted by Gasteiger charge is 2.34. The number of hydrogen-bond donors (Lipinski definition) is 0. The van der Waals surface area contributed by atoms with Crippen LogP contribution in [0.2, 0.25) is 0 Å². The second kappa shape index (κ2) is 9.88. The van der Waals surface area contributed by atoms with E-state index in [-0.39, 0.29) is 25.1 Å². The number of anilines is 1. The number of thioether (sulfide) groups is 1. The minimum Gasteiger partial charge on any atom is -0.493 e. The van der Waals surface area contributed by atoms with Gasteiger partial charge in [0.25, 0.3) is 5.91 Å². The third kappa shape index (κ3) is 4.86. The van der Waals surface area contributed by atoms with E-state index in [1.54, 1.807) is 42.5 Å². The second-order valence-electron chi connectivity index (χ2n) is 7.51. The summed E-state index contributed by atoms with van der Waals surface area (Å²) in [6, 6.07) is 15.0. The van der Waals surface area contributed by atoms with Gasteiger partial charge in [-0.1, -0.05) is 36.1 Å². The number of methoxy groups -OCH3 is 1. The number of rotatable bonds is 6. The average Bonchev–Trinajstić information content (AvgIpc) is 3.41. The summed E-state index contributed by atoms with van der Waals surface area (Å²) in [5, 5.41) is 0. The number of nitrogens with zero attached hydrogens (tertiary/aromatic N) is 1. The molecule has 0 aromatic heterocycles. The lowest BCUT2D eigenvalue weighted by Gasteiger charge is -2.15. The number of ether oxygens (including phenoxy) is 4. The van der Waals surface area contributed by atoms with Crippen molar-refractivity contribution in [3.05, 3.63) is 80.9 Å². The molecule has 0 unspecified atom stereocenters. The Balaban J connectivity index is 1.38. The zero-order valence-corrected chi connectivity index (χ0v) is 21.5. The van der Waals surface area contributed by atoms with E-state index in [0.717, 1.165) is 5.56 Å². The molecular formula is C25H17BrFNO5S2. The summed E-state index contributed by atoms with van der Waals surface area (Å²) in [6.07, 6.45) is 1.75. The summed E-state index contributed by atoms with van der Waals surface area (Å²) in [6.45, 7) is 0.315. The molecule has 0 saturated carbocycles. The van der Waals surface area contributed by atoms with Crippen LogP contribution < -0.4 is 23.8 Å². The smallest absolute Gasteiger partial charge is 0.270 e. The van der Waals surface area contributed by atoms with Crippen LogP contribution in [-0.2, 0) is 11.4 Å². The van der Waals surface area contributed by atoms with Gasteiger partial charge in [0.1, 0.15) is 12.4 Å². The number of halogens is 2. The molecule has 35 heavy (non-hydrogen) atoms. The summed E-state index contributed by atoms with van der Waals surface area (Å²) < 4.78 is 36.7. The van der Waals surface area contributed by atoms with Crippen LogP contribution in [0.4, 0.5) is 10.1 Å². The quantitative estimate of drug-likeness (QED) is 0.253. The van der Waals surface area contributed by atoms with E-state index in [9.17, 15) is 9.18 Å². The van der Waals surface area contributed by atoms with Gasteiger partial charge in [-0.2, -0.15) is 0 Å². The maximum Gasteiger partial charge on any atom is 0.270 e. The van der Waals surface area contributed by atoms with Crippen LogP contribution in [0.5, 0.6) is 23.0 Å². The predicted molar refractivity (Wildman–Crippen MR) is 140 cm³/mol. The second-order valence-corrected chi connectivity index (χ2v) is 10.0. The van der Waals surface area contributed by atoms with E-state index in [0.29, 0.717) is 47.9 Å². The van der Waals surface area contributed by atoms with Crippen molar-refractivity contribution in [1.82, 2.24) is 0 Å². The van der Waals surface area contributed by atoms with Crippen molar-refractivity contribution >= 4 is 61.9 Å². The lowest BCUT2D eigenvalue weighted by atomic mass is 10.1. The topological polar surface area (TPSA) is 57.2 Å². The first kappa shape index (κ1) is 23.7. The van der Waals surface area contributed by atoms with Crippen LogP contribution in [0.25, 0.3) is 6.08 Å². The minimum absolute atomic E-state index is 0.149. The third-order valence-electron chi connectivity index (χ3n) is 5.23. The number of fused-ring (bicyclic) bond motifs is 1. The molecule has 1 fully saturated rings. The Kier molecular flexibility index (Phi) is 6.68. The third-order valence-corrected chi connectivity index (χ3v) is 7.12. The fourth-order valence-electron chi connectivity index (χ4n) is 3.61. The standard InChI is InChI=1S/C25H17BrFNO5S2/c1-30-21-9-15(8-18(26)23(21)31-12-14-3-2-4-16(27)7-14)10-22-24(29)28(25(34)35-22)17-5-6-19-20(11-17)33-13-32-19/h2-11H,12-13H2,1H3/b22-10+. The highest BCUT2D eigenvalue weighted by Crippen LogP contribution is 2.42. The van der Waals surface area contributed by atoms with Crippen molar-refractivity contribution in [3.63, 3.8) is 0 Å². The number of carbonyl (C=O) groups excluding carboxylic acids is 1. The van der Waals surface area contributed by atoms with Crippen molar-refractivity contribution < 1.29 is 28.1 Å².